The van der Waals surface area contributed by atoms with Gasteiger partial charge in [-0.05, 0) is 12.0 Å². The van der Waals surface area contributed by atoms with Crippen molar-refractivity contribution in [1.29, 1.82) is 0 Å². The molecule has 9 nitrogen and oxygen atoms in total. The van der Waals surface area contributed by atoms with E-state index in [-0.39, 0.29) is 13.0 Å². The number of morpholine rings is 2. The van der Waals surface area contributed by atoms with E-state index in [1.807, 2.05) is 15.9 Å². The van der Waals surface area contributed by atoms with Crippen LogP contribution in [0.25, 0.3) is 0 Å². The van der Waals surface area contributed by atoms with Crippen molar-refractivity contribution in [3.63, 3.8) is 0 Å². The first-order valence-electron chi connectivity index (χ1n) is 11.1. The zero-order chi connectivity index (χ0) is 22.9. The van der Waals surface area contributed by atoms with E-state index >= 15 is 0 Å². The van der Waals surface area contributed by atoms with Crippen molar-refractivity contribution in [1.82, 2.24) is 9.80 Å². The Kier molecular flexibility index (Phi) is 9.16. The van der Waals surface area contributed by atoms with Crippen molar-refractivity contribution in [2.45, 2.75) is 12.3 Å². The molecule has 0 saturated carbocycles. The number of hydrogen-bond donors (Lipinski definition) is 2. The highest BCUT2D eigenvalue weighted by atomic mass is 16.5. The normalized spacial score (nSPS) is 20.9. The zero-order valence-electron chi connectivity index (χ0n) is 18.2. The van der Waals surface area contributed by atoms with Gasteiger partial charge in [0.2, 0.25) is 0 Å². The van der Waals surface area contributed by atoms with Crippen molar-refractivity contribution in [3.05, 3.63) is 35.9 Å². The number of carbonyl (C=O) groups excluding carboxylic acids is 1. The summed E-state index contributed by atoms with van der Waals surface area (Å²) >= 11 is 0. The Morgan fingerprint density at radius 1 is 0.812 bits per heavy atom. The number of carboxylic acids is 2. The van der Waals surface area contributed by atoms with Crippen molar-refractivity contribution in [2.24, 2.45) is 11.8 Å². The number of rotatable bonds is 11. The Hall–Kier alpha value is -2.33. The maximum absolute atomic E-state index is 13.5. The van der Waals surface area contributed by atoms with E-state index in [9.17, 15) is 24.6 Å². The first-order valence-corrected chi connectivity index (χ1v) is 11.1. The lowest BCUT2D eigenvalue weighted by atomic mass is 9.80. The van der Waals surface area contributed by atoms with Crippen LogP contribution in [0.1, 0.15) is 17.9 Å². The number of aliphatic carboxylic acids is 2. The summed E-state index contributed by atoms with van der Waals surface area (Å²) in [7, 11) is 0. The summed E-state index contributed by atoms with van der Waals surface area (Å²) < 4.78 is 10.7. The minimum atomic E-state index is -1.23. The van der Waals surface area contributed by atoms with Crippen molar-refractivity contribution in [3.8, 4) is 0 Å². The van der Waals surface area contributed by atoms with Crippen molar-refractivity contribution in [2.75, 3.05) is 65.7 Å². The maximum Gasteiger partial charge on any atom is 0.315 e. The van der Waals surface area contributed by atoms with Crippen LogP contribution in [0.2, 0.25) is 0 Å². The molecular formula is C23H32N2O7. The first kappa shape index (κ1) is 24.3. The molecule has 3 atom stereocenters. The van der Waals surface area contributed by atoms with Crippen LogP contribution in [0.3, 0.4) is 0 Å². The number of carbonyl (C=O) groups is 3. The number of hydrogen-bond acceptors (Lipinski definition) is 7. The van der Waals surface area contributed by atoms with Gasteiger partial charge in [0.25, 0.3) is 0 Å². The predicted molar refractivity (Wildman–Crippen MR) is 116 cm³/mol. The van der Waals surface area contributed by atoms with Crippen LogP contribution in [0.5, 0.6) is 0 Å². The Labute approximate surface area is 187 Å². The van der Waals surface area contributed by atoms with Gasteiger partial charge in [-0.3, -0.25) is 24.2 Å². The molecule has 176 valence electrons. The second-order valence-electron chi connectivity index (χ2n) is 8.35. The molecule has 2 aliphatic rings. The molecule has 2 aliphatic heterocycles. The minimum absolute atomic E-state index is 0.0580. The standard InChI is InChI=1S/C23H32N2O7/c26-21(20(23(29)30)16-25-8-12-32-13-9-25)19(17-4-2-1-3-5-17)14-18(22(27)28)15-24-6-10-31-11-7-24/h1-5,18-20H,6-16H2,(H,27,28)(H,29,30). The molecule has 3 rings (SSSR count). The average molecular weight is 449 g/mol. The van der Waals surface area contributed by atoms with Gasteiger partial charge in [-0.15, -0.1) is 0 Å². The third kappa shape index (κ3) is 6.83. The molecule has 0 radical (unpaired) electrons. The molecule has 1 aromatic carbocycles. The highest BCUT2D eigenvalue weighted by Crippen LogP contribution is 2.29. The molecule has 2 N–H and O–H groups in total. The Morgan fingerprint density at radius 3 is 1.84 bits per heavy atom. The van der Waals surface area contributed by atoms with Crippen LogP contribution in [0, 0.1) is 11.8 Å². The molecule has 32 heavy (non-hydrogen) atoms. The van der Waals surface area contributed by atoms with E-state index in [2.05, 4.69) is 0 Å². The molecule has 2 heterocycles. The molecule has 0 amide bonds. The van der Waals surface area contributed by atoms with Gasteiger partial charge in [0.1, 0.15) is 5.92 Å². The number of nitrogens with zero attached hydrogens (tertiary/aromatic N) is 2. The summed E-state index contributed by atoms with van der Waals surface area (Å²) in [6.07, 6.45) is 0.0580. The molecule has 0 bridgehead atoms. The van der Waals surface area contributed by atoms with E-state index < -0.39 is 35.5 Å². The number of benzene rings is 1. The molecule has 2 fully saturated rings. The first-order chi connectivity index (χ1) is 15.5. The molecule has 0 aliphatic carbocycles. The van der Waals surface area contributed by atoms with Gasteiger partial charge in [0, 0.05) is 45.2 Å². The zero-order valence-corrected chi connectivity index (χ0v) is 18.2. The number of Topliss-reactive ketones (excluding diaryl/α,β-unsaturated/α-hetero) is 1. The van der Waals surface area contributed by atoms with Crippen LogP contribution < -0.4 is 0 Å². The fraction of sp³-hybridized carbons (Fsp3) is 0.609. The third-order valence-corrected chi connectivity index (χ3v) is 6.18. The van der Waals surface area contributed by atoms with Crippen LogP contribution in [0.15, 0.2) is 30.3 Å². The monoisotopic (exact) mass is 448 g/mol. The van der Waals surface area contributed by atoms with E-state index in [0.717, 1.165) is 0 Å². The Bertz CT molecular complexity index is 761. The largest absolute Gasteiger partial charge is 0.481 e. The maximum atomic E-state index is 13.5. The summed E-state index contributed by atoms with van der Waals surface area (Å²) in [5.41, 5.74) is 0.652. The number of carboxylic acid groups (broad SMARTS) is 2. The molecule has 3 unspecified atom stereocenters. The van der Waals surface area contributed by atoms with E-state index in [1.54, 1.807) is 24.3 Å². The highest BCUT2D eigenvalue weighted by molar-refractivity contribution is 6.02. The smallest absolute Gasteiger partial charge is 0.315 e. The summed E-state index contributed by atoms with van der Waals surface area (Å²) in [4.78, 5) is 41.6. The van der Waals surface area contributed by atoms with Gasteiger partial charge in [0.05, 0.1) is 32.3 Å². The molecule has 2 saturated heterocycles. The molecule has 0 spiro atoms. The van der Waals surface area contributed by atoms with Gasteiger partial charge in [0.15, 0.2) is 5.78 Å². The quantitative estimate of drug-likeness (QED) is 0.474. The lowest BCUT2D eigenvalue weighted by molar-refractivity contribution is -0.148. The molecule has 9 heteroatoms. The Balaban J connectivity index is 1.80. The van der Waals surface area contributed by atoms with E-state index in [0.29, 0.717) is 64.7 Å². The predicted octanol–water partition coefficient (Wildman–Crippen LogP) is 0.795. The van der Waals surface area contributed by atoms with Gasteiger partial charge in [-0.2, -0.15) is 0 Å². The van der Waals surface area contributed by atoms with Crippen LogP contribution in [-0.4, -0.2) is 103 Å². The number of ketones is 1. The van der Waals surface area contributed by atoms with Gasteiger partial charge in [-0.25, -0.2) is 0 Å². The van der Waals surface area contributed by atoms with Gasteiger partial charge < -0.3 is 19.7 Å². The van der Waals surface area contributed by atoms with Crippen LogP contribution >= 0.6 is 0 Å². The van der Waals surface area contributed by atoms with Crippen LogP contribution in [-0.2, 0) is 23.9 Å². The minimum Gasteiger partial charge on any atom is -0.481 e. The molecule has 0 aromatic heterocycles. The van der Waals surface area contributed by atoms with Crippen molar-refractivity contribution < 1.29 is 34.1 Å². The van der Waals surface area contributed by atoms with Crippen molar-refractivity contribution >= 4 is 17.7 Å². The second-order valence-corrected chi connectivity index (χ2v) is 8.35. The molecular weight excluding hydrogens is 416 g/mol. The summed E-state index contributed by atoms with van der Waals surface area (Å²) in [5.74, 6) is -5.42. The van der Waals surface area contributed by atoms with Gasteiger partial charge in [-0.1, -0.05) is 30.3 Å². The highest BCUT2D eigenvalue weighted by Gasteiger charge is 2.37. The lowest BCUT2D eigenvalue weighted by Crippen LogP contribution is -2.45. The number of ether oxygens (including phenoxy) is 2. The molecule has 1 aromatic rings. The second kappa shape index (κ2) is 12.1. The summed E-state index contributed by atoms with van der Waals surface area (Å²) in [6, 6.07) is 8.92. The van der Waals surface area contributed by atoms with E-state index in [4.69, 9.17) is 9.47 Å². The fourth-order valence-electron chi connectivity index (χ4n) is 4.31. The summed E-state index contributed by atoms with van der Waals surface area (Å²) in [6.45, 7) is 4.93. The fourth-order valence-corrected chi connectivity index (χ4v) is 4.31. The van der Waals surface area contributed by atoms with Gasteiger partial charge >= 0.3 is 11.9 Å². The Morgan fingerprint density at radius 2 is 1.34 bits per heavy atom. The van der Waals surface area contributed by atoms with Crippen LogP contribution in [0.4, 0.5) is 0 Å². The third-order valence-electron chi connectivity index (χ3n) is 6.18. The lowest BCUT2D eigenvalue weighted by Gasteiger charge is -2.32. The summed E-state index contributed by atoms with van der Waals surface area (Å²) in [5, 5.41) is 19.7. The average Bonchev–Trinajstić information content (AvgIpc) is 2.81. The topological polar surface area (TPSA) is 117 Å². The van der Waals surface area contributed by atoms with E-state index in [1.165, 1.54) is 0 Å². The SMILES string of the molecule is O=C(O)C(CC(C(=O)C(CN1CCOCC1)C(=O)O)c1ccccc1)CN1CCOCC1.